The Balaban J connectivity index is 2.01. The Kier molecular flexibility index (Phi) is 4.27. The number of thiazole rings is 1. The lowest BCUT2D eigenvalue weighted by Gasteiger charge is -2.12. The molecule has 1 N–H and O–H groups in total. The highest BCUT2D eigenvalue weighted by molar-refractivity contribution is 8.01. The first-order valence-corrected chi connectivity index (χ1v) is 8.46. The minimum Gasteiger partial charge on any atom is -0.498 e. The third-order valence-electron chi connectivity index (χ3n) is 3.15. The van der Waals surface area contributed by atoms with Crippen LogP contribution in [0, 0.1) is 0 Å². The number of allylic oxidation sites excluding steroid dienone is 2. The molecule has 1 aliphatic carbocycles. The molecule has 0 saturated carbocycles. The van der Waals surface area contributed by atoms with E-state index in [9.17, 15) is 9.90 Å². The van der Waals surface area contributed by atoms with Gasteiger partial charge in [0.2, 0.25) is 0 Å². The van der Waals surface area contributed by atoms with Crippen LogP contribution in [-0.4, -0.2) is 21.6 Å². The lowest BCUT2D eigenvalue weighted by molar-refractivity contribution is -0.109. The molecule has 22 heavy (non-hydrogen) atoms. The zero-order chi connectivity index (χ0) is 15.5. The molecule has 0 spiro atoms. The van der Waals surface area contributed by atoms with E-state index in [-0.39, 0.29) is 10.8 Å². The predicted molar refractivity (Wildman–Crippen MR) is 93.1 cm³/mol. The molecule has 0 radical (unpaired) electrons. The second-order valence-corrected chi connectivity index (χ2v) is 6.86. The van der Waals surface area contributed by atoms with Crippen molar-refractivity contribution in [1.82, 2.24) is 4.98 Å². The highest BCUT2D eigenvalue weighted by Gasteiger charge is 2.18. The molecule has 0 fully saturated rings. The minimum atomic E-state index is -0.0774. The number of thioether (sulfide) groups is 1. The minimum absolute atomic E-state index is 0.0774. The van der Waals surface area contributed by atoms with Crippen LogP contribution in [-0.2, 0) is 4.79 Å². The van der Waals surface area contributed by atoms with Crippen molar-refractivity contribution in [3.8, 4) is 5.06 Å². The Morgan fingerprint density at radius 3 is 2.95 bits per heavy atom. The molecule has 1 aromatic heterocycles. The Labute approximate surface area is 136 Å². The number of aromatic nitrogens is 1. The van der Waals surface area contributed by atoms with Gasteiger partial charge in [0.15, 0.2) is 15.2 Å². The van der Waals surface area contributed by atoms with Crippen molar-refractivity contribution in [2.75, 3.05) is 5.75 Å². The number of nitrogens with zero attached hydrogens (tertiary/aromatic N) is 1. The van der Waals surface area contributed by atoms with Crippen LogP contribution in [0.1, 0.15) is 16.8 Å². The van der Waals surface area contributed by atoms with Gasteiger partial charge in [-0.2, -0.15) is 0 Å². The fourth-order valence-electron chi connectivity index (χ4n) is 2.15. The van der Waals surface area contributed by atoms with Gasteiger partial charge in [-0.05, 0) is 23.3 Å². The van der Waals surface area contributed by atoms with Crippen molar-refractivity contribution >= 4 is 46.6 Å². The van der Waals surface area contributed by atoms with Gasteiger partial charge in [-0.15, -0.1) is 6.58 Å². The molecule has 0 bridgehead atoms. The molecule has 5 heteroatoms. The van der Waals surface area contributed by atoms with Crippen LogP contribution in [0.3, 0.4) is 0 Å². The summed E-state index contributed by atoms with van der Waals surface area (Å²) in [7, 11) is 0. The molecule has 3 rings (SSSR count). The molecule has 0 atom stereocenters. The first-order valence-electron chi connectivity index (χ1n) is 6.66. The largest absolute Gasteiger partial charge is 0.498 e. The third-order valence-corrected chi connectivity index (χ3v) is 5.16. The maximum absolute atomic E-state index is 12.2. The Hall–Kier alpha value is -2.11. The summed E-state index contributed by atoms with van der Waals surface area (Å²) in [5.41, 5.74) is 2.84. The summed E-state index contributed by atoms with van der Waals surface area (Å²) in [5.74, 6) is 0.652. The Morgan fingerprint density at radius 1 is 1.32 bits per heavy atom. The molecule has 1 aliphatic rings. The van der Waals surface area contributed by atoms with Gasteiger partial charge in [0.05, 0.1) is 0 Å². The van der Waals surface area contributed by atoms with E-state index in [1.54, 1.807) is 24.3 Å². The molecule has 1 aromatic carbocycles. The number of fused-ring (bicyclic) bond motifs is 1. The molecule has 3 nitrogen and oxygen atoms in total. The highest BCUT2D eigenvalue weighted by atomic mass is 32.2. The number of hydrogen-bond donors (Lipinski definition) is 1. The monoisotopic (exact) mass is 327 g/mol. The lowest BCUT2D eigenvalue weighted by atomic mass is 9.91. The molecular formula is C17H13NO2S2. The van der Waals surface area contributed by atoms with E-state index < -0.39 is 0 Å². The molecule has 2 aromatic rings. The first kappa shape index (κ1) is 14.8. The molecule has 0 amide bonds. The van der Waals surface area contributed by atoms with Crippen molar-refractivity contribution in [3.05, 3.63) is 59.8 Å². The summed E-state index contributed by atoms with van der Waals surface area (Å²) in [6.45, 7) is 3.66. The number of carbonyl (C=O) groups is 1. The number of carbonyl (C=O) groups excluding carboxylic acids is 1. The zero-order valence-electron chi connectivity index (χ0n) is 11.7. The van der Waals surface area contributed by atoms with E-state index in [1.165, 1.54) is 23.1 Å². The summed E-state index contributed by atoms with van der Waals surface area (Å²) in [6, 6.07) is 7.68. The van der Waals surface area contributed by atoms with Crippen LogP contribution in [0.25, 0.3) is 17.7 Å². The van der Waals surface area contributed by atoms with Gasteiger partial charge in [0.1, 0.15) is 5.69 Å². The Morgan fingerprint density at radius 2 is 2.14 bits per heavy atom. The van der Waals surface area contributed by atoms with Crippen molar-refractivity contribution in [2.45, 2.75) is 4.34 Å². The topological polar surface area (TPSA) is 50.2 Å². The first-order chi connectivity index (χ1) is 10.7. The summed E-state index contributed by atoms with van der Waals surface area (Å²) in [5, 5.41) is 10.2. The van der Waals surface area contributed by atoms with Gasteiger partial charge in [-0.25, -0.2) is 4.98 Å². The molecule has 1 heterocycles. The highest BCUT2D eigenvalue weighted by Crippen LogP contribution is 2.36. The van der Waals surface area contributed by atoms with Gasteiger partial charge in [-0.1, -0.05) is 59.5 Å². The molecule has 0 aliphatic heterocycles. The molecule has 110 valence electrons. The SMILES string of the molecule is C=CCSc1nc(C=C2C(=O)C=Cc3ccccc32)c(O)s1. The summed E-state index contributed by atoms with van der Waals surface area (Å²) >= 11 is 2.72. The fourth-order valence-corrected chi connectivity index (χ4v) is 3.77. The molecule has 0 unspecified atom stereocenters. The maximum atomic E-state index is 12.2. The van der Waals surface area contributed by atoms with Gasteiger partial charge in [0.25, 0.3) is 0 Å². The quantitative estimate of drug-likeness (QED) is 0.518. The van der Waals surface area contributed by atoms with Crippen molar-refractivity contribution in [3.63, 3.8) is 0 Å². The zero-order valence-corrected chi connectivity index (χ0v) is 13.3. The summed E-state index contributed by atoms with van der Waals surface area (Å²) < 4.78 is 0.760. The van der Waals surface area contributed by atoms with Gasteiger partial charge >= 0.3 is 0 Å². The number of ketones is 1. The molecule has 0 saturated heterocycles. The standard InChI is InChI=1S/C17H13NO2S2/c1-2-9-21-17-18-14(16(20)22-17)10-13-12-6-4-3-5-11(12)7-8-15(13)19/h2-8,10,20H,1,9H2. The number of benzene rings is 1. The average molecular weight is 327 g/mol. The number of hydrogen-bond acceptors (Lipinski definition) is 5. The van der Waals surface area contributed by atoms with E-state index in [0.29, 0.717) is 11.3 Å². The fraction of sp³-hybridized carbons (Fsp3) is 0.0588. The van der Waals surface area contributed by atoms with Gasteiger partial charge in [-0.3, -0.25) is 4.79 Å². The Bertz CT molecular complexity index is 803. The van der Waals surface area contributed by atoms with Crippen LogP contribution in [0.2, 0.25) is 0 Å². The van der Waals surface area contributed by atoms with Crippen molar-refractivity contribution in [2.24, 2.45) is 0 Å². The second kappa shape index (κ2) is 6.34. The van der Waals surface area contributed by atoms with Crippen LogP contribution >= 0.6 is 23.1 Å². The number of aromatic hydroxyl groups is 1. The van der Waals surface area contributed by atoms with E-state index in [0.717, 1.165) is 21.2 Å². The van der Waals surface area contributed by atoms with Crippen LogP contribution in [0.4, 0.5) is 0 Å². The van der Waals surface area contributed by atoms with E-state index in [4.69, 9.17) is 0 Å². The average Bonchev–Trinajstić information content (AvgIpc) is 2.88. The van der Waals surface area contributed by atoms with E-state index in [2.05, 4.69) is 11.6 Å². The van der Waals surface area contributed by atoms with Crippen LogP contribution in [0.5, 0.6) is 5.06 Å². The maximum Gasteiger partial charge on any atom is 0.200 e. The van der Waals surface area contributed by atoms with Crippen LogP contribution in [0.15, 0.2) is 47.3 Å². The summed E-state index contributed by atoms with van der Waals surface area (Å²) in [6.07, 6.45) is 6.80. The van der Waals surface area contributed by atoms with E-state index in [1.807, 2.05) is 24.3 Å². The smallest absolute Gasteiger partial charge is 0.200 e. The normalized spacial score (nSPS) is 15.1. The lowest BCUT2D eigenvalue weighted by Crippen LogP contribution is -2.04. The number of rotatable bonds is 4. The van der Waals surface area contributed by atoms with E-state index >= 15 is 0 Å². The van der Waals surface area contributed by atoms with Crippen molar-refractivity contribution < 1.29 is 9.90 Å². The molecular weight excluding hydrogens is 314 g/mol. The summed E-state index contributed by atoms with van der Waals surface area (Å²) in [4.78, 5) is 16.6. The second-order valence-electron chi connectivity index (χ2n) is 4.61. The van der Waals surface area contributed by atoms with Gasteiger partial charge in [0, 0.05) is 11.3 Å². The third kappa shape index (κ3) is 2.91. The van der Waals surface area contributed by atoms with Crippen molar-refractivity contribution in [1.29, 1.82) is 0 Å². The predicted octanol–water partition coefficient (Wildman–Crippen LogP) is 4.26. The van der Waals surface area contributed by atoms with Gasteiger partial charge < -0.3 is 5.11 Å². The van der Waals surface area contributed by atoms with Crippen LogP contribution < -0.4 is 0 Å².